The summed E-state index contributed by atoms with van der Waals surface area (Å²) < 4.78 is 0. The highest BCUT2D eigenvalue weighted by molar-refractivity contribution is 7.99. The number of fused-ring (bicyclic) bond motifs is 1. The van der Waals surface area contributed by atoms with Crippen LogP contribution in [0.1, 0.15) is 10.4 Å². The van der Waals surface area contributed by atoms with Crippen molar-refractivity contribution in [3.05, 3.63) is 35.0 Å². The number of aromatic nitrogens is 1. The van der Waals surface area contributed by atoms with Crippen molar-refractivity contribution in [2.24, 2.45) is 0 Å². The van der Waals surface area contributed by atoms with Gasteiger partial charge in [-0.1, -0.05) is 11.6 Å². The zero-order valence-electron chi connectivity index (χ0n) is 6.66. The summed E-state index contributed by atoms with van der Waals surface area (Å²) in [5.74, 6) is 0.614. The van der Waals surface area contributed by atoms with Crippen LogP contribution in [0.5, 0.6) is 0 Å². The van der Waals surface area contributed by atoms with Crippen molar-refractivity contribution in [3.8, 4) is 0 Å². The van der Waals surface area contributed by atoms with Crippen molar-refractivity contribution in [1.29, 1.82) is 0 Å². The minimum atomic E-state index is -0.00292. The quantitative estimate of drug-likeness (QED) is 0.618. The van der Waals surface area contributed by atoms with Gasteiger partial charge in [0.15, 0.2) is 5.78 Å². The third-order valence-corrected chi connectivity index (χ3v) is 3.12. The molecule has 0 radical (unpaired) electrons. The van der Waals surface area contributed by atoms with Gasteiger partial charge in [0.1, 0.15) is 5.03 Å². The second-order valence-electron chi connectivity index (χ2n) is 2.61. The molecule has 0 fully saturated rings. The van der Waals surface area contributed by atoms with Crippen LogP contribution in [0.4, 0.5) is 0 Å². The Balaban J connectivity index is 2.51. The van der Waals surface area contributed by atoms with Crippen molar-refractivity contribution in [3.63, 3.8) is 0 Å². The predicted molar refractivity (Wildman–Crippen MR) is 53.2 cm³/mol. The maximum absolute atomic E-state index is 11.6. The fraction of sp³-hybridized carbons (Fsp3) is 0.111. The third kappa shape index (κ3) is 1.49. The van der Waals surface area contributed by atoms with Gasteiger partial charge in [0.05, 0.1) is 5.56 Å². The molecule has 1 aliphatic heterocycles. The number of thioether (sulfide) groups is 1. The van der Waals surface area contributed by atoms with E-state index in [1.54, 1.807) is 30.1 Å². The van der Waals surface area contributed by atoms with Gasteiger partial charge in [0.25, 0.3) is 0 Å². The molecule has 4 heteroatoms. The van der Waals surface area contributed by atoms with Crippen molar-refractivity contribution in [2.75, 3.05) is 5.75 Å². The molecule has 0 unspecified atom stereocenters. The number of halogens is 1. The van der Waals surface area contributed by atoms with Crippen molar-refractivity contribution < 1.29 is 4.79 Å². The lowest BCUT2D eigenvalue weighted by Gasteiger charge is -2.14. The maximum Gasteiger partial charge on any atom is 0.193 e. The summed E-state index contributed by atoms with van der Waals surface area (Å²) in [6.45, 7) is 0. The Morgan fingerprint density at radius 1 is 1.62 bits per heavy atom. The average Bonchev–Trinajstić information content (AvgIpc) is 2.19. The number of Topliss-reactive ketones (excluding diaryl/α,β-unsaturated/α-hetero) is 1. The number of carbonyl (C=O) groups excluding carboxylic acids is 1. The Hall–Kier alpha value is -0.800. The highest BCUT2D eigenvalue weighted by atomic mass is 35.5. The molecule has 1 aromatic rings. The van der Waals surface area contributed by atoms with Gasteiger partial charge >= 0.3 is 0 Å². The Kier molecular flexibility index (Phi) is 2.38. The molecule has 2 nitrogen and oxygen atoms in total. The monoisotopic (exact) mass is 211 g/mol. The molecule has 13 heavy (non-hydrogen) atoms. The van der Waals surface area contributed by atoms with E-state index in [2.05, 4.69) is 4.98 Å². The minimum Gasteiger partial charge on any atom is -0.289 e. The summed E-state index contributed by atoms with van der Waals surface area (Å²) in [4.78, 5) is 15.8. The smallest absolute Gasteiger partial charge is 0.193 e. The Labute approximate surface area is 85.0 Å². The fourth-order valence-electron chi connectivity index (χ4n) is 1.14. The molecule has 0 N–H and O–H groups in total. The highest BCUT2D eigenvalue weighted by Gasteiger charge is 2.22. The lowest BCUT2D eigenvalue weighted by atomic mass is 10.1. The van der Waals surface area contributed by atoms with Crippen LogP contribution in [-0.2, 0) is 0 Å². The molecular formula is C9H6ClNOS. The van der Waals surface area contributed by atoms with Crippen LogP contribution in [0.25, 0.3) is 0 Å². The molecule has 0 atom stereocenters. The largest absolute Gasteiger partial charge is 0.289 e. The molecule has 0 aromatic carbocycles. The molecule has 0 spiro atoms. The van der Waals surface area contributed by atoms with Crippen molar-refractivity contribution >= 4 is 29.1 Å². The van der Waals surface area contributed by atoms with E-state index in [1.807, 2.05) is 0 Å². The van der Waals surface area contributed by atoms with Crippen LogP contribution in [0.15, 0.2) is 34.5 Å². The van der Waals surface area contributed by atoms with Gasteiger partial charge in [-0.2, -0.15) is 0 Å². The molecular weight excluding hydrogens is 206 g/mol. The van der Waals surface area contributed by atoms with Crippen LogP contribution in [-0.4, -0.2) is 16.5 Å². The first-order valence-electron chi connectivity index (χ1n) is 3.74. The summed E-state index contributed by atoms with van der Waals surface area (Å²) in [5, 5.41) is 0.801. The Bertz CT molecular complexity index is 389. The first-order chi connectivity index (χ1) is 6.33. The second-order valence-corrected chi connectivity index (χ2v) is 3.79. The second kappa shape index (κ2) is 3.52. The molecule has 1 aromatic heterocycles. The molecule has 0 saturated carbocycles. The van der Waals surface area contributed by atoms with Crippen LogP contribution >= 0.6 is 23.4 Å². The van der Waals surface area contributed by atoms with Gasteiger partial charge in [-0.05, 0) is 12.1 Å². The number of hydrogen-bond acceptors (Lipinski definition) is 3. The van der Waals surface area contributed by atoms with Gasteiger partial charge in [0.2, 0.25) is 0 Å². The zero-order valence-corrected chi connectivity index (χ0v) is 8.23. The topological polar surface area (TPSA) is 30.0 Å². The number of nitrogens with zero attached hydrogens (tertiary/aromatic N) is 1. The van der Waals surface area contributed by atoms with E-state index in [-0.39, 0.29) is 5.78 Å². The van der Waals surface area contributed by atoms with Crippen LogP contribution in [0, 0.1) is 0 Å². The van der Waals surface area contributed by atoms with Crippen LogP contribution in [0.2, 0.25) is 0 Å². The van der Waals surface area contributed by atoms with E-state index in [0.717, 1.165) is 5.03 Å². The average molecular weight is 212 g/mol. The molecule has 2 heterocycles. The normalized spacial score (nSPS) is 18.8. The minimum absolute atomic E-state index is 0.00292. The summed E-state index contributed by atoms with van der Waals surface area (Å²) in [6, 6.07) is 3.53. The number of ketones is 1. The molecule has 0 bridgehead atoms. The molecule has 66 valence electrons. The fourth-order valence-corrected chi connectivity index (χ4v) is 2.37. The molecule has 2 rings (SSSR count). The van der Waals surface area contributed by atoms with Gasteiger partial charge < -0.3 is 0 Å². The predicted octanol–water partition coefficient (Wildman–Crippen LogP) is 2.49. The summed E-state index contributed by atoms with van der Waals surface area (Å²) in [5.41, 5.74) is 2.66. The summed E-state index contributed by atoms with van der Waals surface area (Å²) >= 11 is 7.07. The first-order valence-corrected chi connectivity index (χ1v) is 5.17. The standard InChI is InChI=1S/C9H6ClNOS/c10-4-6-5-13-9-7(8(6)12)2-1-3-11-9/h1-4H,5H2/b6-4-. The number of carbonyl (C=O) groups is 1. The van der Waals surface area contributed by atoms with E-state index >= 15 is 0 Å². The third-order valence-electron chi connectivity index (χ3n) is 1.80. The summed E-state index contributed by atoms with van der Waals surface area (Å²) in [6.07, 6.45) is 1.69. The summed E-state index contributed by atoms with van der Waals surface area (Å²) in [7, 11) is 0. The maximum atomic E-state index is 11.6. The van der Waals surface area contributed by atoms with E-state index in [4.69, 9.17) is 11.6 Å². The van der Waals surface area contributed by atoms with E-state index in [9.17, 15) is 4.79 Å². The molecule has 0 amide bonds. The van der Waals surface area contributed by atoms with Crippen LogP contribution in [0.3, 0.4) is 0 Å². The van der Waals surface area contributed by atoms with Gasteiger partial charge in [0, 0.05) is 23.1 Å². The van der Waals surface area contributed by atoms with Crippen molar-refractivity contribution in [1.82, 2.24) is 4.98 Å². The number of pyridine rings is 1. The zero-order chi connectivity index (χ0) is 9.26. The molecule has 1 aliphatic rings. The van der Waals surface area contributed by atoms with E-state index in [0.29, 0.717) is 16.9 Å². The van der Waals surface area contributed by atoms with Gasteiger partial charge in [-0.25, -0.2) is 4.98 Å². The van der Waals surface area contributed by atoms with Gasteiger partial charge in [-0.15, -0.1) is 11.8 Å². The van der Waals surface area contributed by atoms with Crippen LogP contribution < -0.4 is 0 Å². The van der Waals surface area contributed by atoms with E-state index in [1.165, 1.54) is 5.54 Å². The lowest BCUT2D eigenvalue weighted by molar-refractivity contribution is 0.103. The lowest BCUT2D eigenvalue weighted by Crippen LogP contribution is -2.12. The SMILES string of the molecule is O=C1/C(=C\Cl)CSc2ncccc21. The number of hydrogen-bond donors (Lipinski definition) is 0. The van der Waals surface area contributed by atoms with E-state index < -0.39 is 0 Å². The highest BCUT2D eigenvalue weighted by Crippen LogP contribution is 2.30. The Morgan fingerprint density at radius 3 is 3.23 bits per heavy atom. The van der Waals surface area contributed by atoms with Gasteiger partial charge in [-0.3, -0.25) is 4.79 Å². The molecule has 0 saturated heterocycles. The Morgan fingerprint density at radius 2 is 2.46 bits per heavy atom. The molecule has 0 aliphatic carbocycles. The van der Waals surface area contributed by atoms with Crippen molar-refractivity contribution in [2.45, 2.75) is 5.03 Å². The number of rotatable bonds is 0. The first kappa shape index (κ1) is 8.78.